The van der Waals surface area contributed by atoms with E-state index in [1.807, 2.05) is 0 Å². The Labute approximate surface area is 89.7 Å². The highest BCUT2D eigenvalue weighted by atomic mass is 32.2. The summed E-state index contributed by atoms with van der Waals surface area (Å²) in [5, 5.41) is 8.61. The summed E-state index contributed by atoms with van der Waals surface area (Å²) in [6, 6.07) is 0. The summed E-state index contributed by atoms with van der Waals surface area (Å²) in [7, 11) is -2.32. The van der Waals surface area contributed by atoms with E-state index < -0.39 is 26.8 Å². The molecule has 0 bridgehead atoms. The molecular formula is C8H17NO5S. The molecule has 0 fully saturated rings. The van der Waals surface area contributed by atoms with Crippen LogP contribution in [0.3, 0.4) is 0 Å². The second kappa shape index (κ2) is 4.91. The first-order valence-electron chi connectivity index (χ1n) is 4.36. The standard InChI is InChI=1S/C8H17NO5S/c1-8(2,3)15(12,13)9-5-6(14-4)7(10)11/h6,9H,5H2,1-4H3,(H,10,11). The molecule has 0 spiro atoms. The third-order valence-corrected chi connectivity index (χ3v) is 3.98. The van der Waals surface area contributed by atoms with Gasteiger partial charge in [-0.15, -0.1) is 0 Å². The van der Waals surface area contributed by atoms with Gasteiger partial charge in [0, 0.05) is 13.7 Å². The Morgan fingerprint density at radius 2 is 1.93 bits per heavy atom. The van der Waals surface area contributed by atoms with Crippen LogP contribution in [0.5, 0.6) is 0 Å². The molecule has 0 heterocycles. The van der Waals surface area contributed by atoms with Gasteiger partial charge in [0.05, 0.1) is 4.75 Å². The number of sulfonamides is 1. The van der Waals surface area contributed by atoms with Gasteiger partial charge >= 0.3 is 5.97 Å². The SMILES string of the molecule is COC(CNS(=O)(=O)C(C)(C)C)C(=O)O. The molecular weight excluding hydrogens is 222 g/mol. The van der Waals surface area contributed by atoms with Crippen LogP contribution in [-0.2, 0) is 19.6 Å². The Morgan fingerprint density at radius 1 is 1.47 bits per heavy atom. The first kappa shape index (κ1) is 14.3. The maximum Gasteiger partial charge on any atom is 0.334 e. The van der Waals surface area contributed by atoms with Crippen LogP contribution in [0, 0.1) is 0 Å². The molecule has 15 heavy (non-hydrogen) atoms. The largest absolute Gasteiger partial charge is 0.479 e. The summed E-state index contributed by atoms with van der Waals surface area (Å²) in [5.74, 6) is -1.20. The van der Waals surface area contributed by atoms with Crippen LogP contribution in [0.2, 0.25) is 0 Å². The number of hydrogen-bond acceptors (Lipinski definition) is 4. The lowest BCUT2D eigenvalue weighted by Crippen LogP contribution is -2.44. The highest BCUT2D eigenvalue weighted by Crippen LogP contribution is 2.12. The zero-order valence-electron chi connectivity index (χ0n) is 9.27. The lowest BCUT2D eigenvalue weighted by atomic mass is 10.3. The van der Waals surface area contributed by atoms with Crippen molar-refractivity contribution in [3.05, 3.63) is 0 Å². The minimum absolute atomic E-state index is 0.272. The van der Waals surface area contributed by atoms with E-state index in [0.29, 0.717) is 0 Å². The van der Waals surface area contributed by atoms with Crippen LogP contribution >= 0.6 is 0 Å². The van der Waals surface area contributed by atoms with E-state index in [4.69, 9.17) is 5.11 Å². The molecule has 90 valence electrons. The summed E-state index contributed by atoms with van der Waals surface area (Å²) in [4.78, 5) is 10.5. The van der Waals surface area contributed by atoms with Crippen LogP contribution in [0.4, 0.5) is 0 Å². The molecule has 6 nitrogen and oxygen atoms in total. The van der Waals surface area contributed by atoms with Crippen LogP contribution in [0.15, 0.2) is 0 Å². The summed E-state index contributed by atoms with van der Waals surface area (Å²) in [6.45, 7) is 4.30. The van der Waals surface area contributed by atoms with Crippen LogP contribution in [0.1, 0.15) is 20.8 Å². The van der Waals surface area contributed by atoms with E-state index in [-0.39, 0.29) is 6.54 Å². The van der Waals surface area contributed by atoms with Crippen molar-refractivity contribution in [1.29, 1.82) is 0 Å². The predicted molar refractivity (Wildman–Crippen MR) is 55.1 cm³/mol. The van der Waals surface area contributed by atoms with Crippen molar-refractivity contribution in [2.45, 2.75) is 31.6 Å². The normalized spacial score (nSPS) is 14.9. The number of ether oxygens (including phenoxy) is 1. The number of carbonyl (C=O) groups is 1. The number of rotatable bonds is 5. The van der Waals surface area contributed by atoms with Gasteiger partial charge in [-0.25, -0.2) is 17.9 Å². The Hall–Kier alpha value is -0.660. The van der Waals surface area contributed by atoms with Crippen molar-refractivity contribution in [2.24, 2.45) is 0 Å². The average molecular weight is 239 g/mol. The van der Waals surface area contributed by atoms with Crippen LogP contribution in [0.25, 0.3) is 0 Å². The van der Waals surface area contributed by atoms with E-state index >= 15 is 0 Å². The summed E-state index contributed by atoms with van der Waals surface area (Å²) < 4.78 is 28.9. The molecule has 0 aliphatic rings. The monoisotopic (exact) mass is 239 g/mol. The molecule has 7 heteroatoms. The van der Waals surface area contributed by atoms with Crippen LogP contribution < -0.4 is 4.72 Å². The minimum atomic E-state index is -3.53. The highest BCUT2D eigenvalue weighted by molar-refractivity contribution is 7.90. The molecule has 1 atom stereocenters. The number of carboxylic acid groups (broad SMARTS) is 1. The number of aliphatic carboxylic acids is 1. The lowest BCUT2D eigenvalue weighted by Gasteiger charge is -2.21. The second-order valence-electron chi connectivity index (χ2n) is 4.03. The van der Waals surface area contributed by atoms with Gasteiger partial charge in [0.1, 0.15) is 0 Å². The van der Waals surface area contributed by atoms with Crippen molar-refractivity contribution >= 4 is 16.0 Å². The van der Waals surface area contributed by atoms with Gasteiger partial charge < -0.3 is 9.84 Å². The fraction of sp³-hybridized carbons (Fsp3) is 0.875. The molecule has 0 radical (unpaired) electrons. The van der Waals surface area contributed by atoms with Crippen molar-refractivity contribution in [1.82, 2.24) is 4.72 Å². The molecule has 1 unspecified atom stereocenters. The average Bonchev–Trinajstić information content (AvgIpc) is 2.02. The smallest absolute Gasteiger partial charge is 0.334 e. The zero-order valence-corrected chi connectivity index (χ0v) is 10.1. The predicted octanol–water partition coefficient (Wildman–Crippen LogP) is -0.196. The highest BCUT2D eigenvalue weighted by Gasteiger charge is 2.30. The zero-order chi connectivity index (χ0) is 12.3. The number of carboxylic acids is 1. The Kier molecular flexibility index (Phi) is 4.69. The Bertz CT molecular complexity index is 316. The van der Waals surface area contributed by atoms with E-state index in [0.717, 1.165) is 0 Å². The molecule has 0 amide bonds. The third-order valence-electron chi connectivity index (χ3n) is 1.82. The topological polar surface area (TPSA) is 92.7 Å². The van der Waals surface area contributed by atoms with Crippen molar-refractivity contribution in [2.75, 3.05) is 13.7 Å². The number of methoxy groups -OCH3 is 1. The van der Waals surface area contributed by atoms with E-state index in [2.05, 4.69) is 9.46 Å². The Morgan fingerprint density at radius 3 is 2.20 bits per heavy atom. The molecule has 0 aliphatic carbocycles. The fourth-order valence-electron chi connectivity index (χ4n) is 0.673. The van der Waals surface area contributed by atoms with Gasteiger partial charge in [0.2, 0.25) is 10.0 Å². The molecule has 0 aromatic rings. The van der Waals surface area contributed by atoms with Gasteiger partial charge in [-0.3, -0.25) is 0 Å². The fourth-order valence-corrected chi connectivity index (χ4v) is 1.48. The van der Waals surface area contributed by atoms with Crippen molar-refractivity contribution < 1.29 is 23.1 Å². The van der Waals surface area contributed by atoms with Crippen molar-refractivity contribution in [3.8, 4) is 0 Å². The number of hydrogen-bond donors (Lipinski definition) is 2. The first-order valence-corrected chi connectivity index (χ1v) is 5.85. The maximum absolute atomic E-state index is 11.5. The van der Waals surface area contributed by atoms with Gasteiger partial charge in [-0.05, 0) is 20.8 Å². The van der Waals surface area contributed by atoms with Crippen molar-refractivity contribution in [3.63, 3.8) is 0 Å². The molecule has 0 saturated heterocycles. The van der Waals surface area contributed by atoms with Gasteiger partial charge in [-0.1, -0.05) is 0 Å². The molecule has 0 aromatic heterocycles. The lowest BCUT2D eigenvalue weighted by molar-refractivity contribution is -0.147. The third kappa shape index (κ3) is 4.15. The minimum Gasteiger partial charge on any atom is -0.479 e. The summed E-state index contributed by atoms with van der Waals surface area (Å²) >= 11 is 0. The van der Waals surface area contributed by atoms with E-state index in [9.17, 15) is 13.2 Å². The van der Waals surface area contributed by atoms with E-state index in [1.54, 1.807) is 0 Å². The molecule has 0 rings (SSSR count). The second-order valence-corrected chi connectivity index (χ2v) is 6.55. The van der Waals surface area contributed by atoms with Crippen LogP contribution in [-0.4, -0.2) is 44.0 Å². The maximum atomic E-state index is 11.5. The van der Waals surface area contributed by atoms with Gasteiger partial charge in [-0.2, -0.15) is 0 Å². The van der Waals surface area contributed by atoms with Gasteiger partial charge in [0.15, 0.2) is 6.10 Å². The summed E-state index contributed by atoms with van der Waals surface area (Å²) in [5.41, 5.74) is 0. The molecule has 2 N–H and O–H groups in total. The molecule has 0 saturated carbocycles. The molecule has 0 aliphatic heterocycles. The summed E-state index contributed by atoms with van der Waals surface area (Å²) in [6.07, 6.45) is -1.16. The first-order chi connectivity index (χ1) is 6.62. The Balaban J connectivity index is 4.46. The molecule has 0 aromatic carbocycles. The quantitative estimate of drug-likeness (QED) is 0.693. The van der Waals surface area contributed by atoms with Gasteiger partial charge in [0.25, 0.3) is 0 Å². The van der Waals surface area contributed by atoms with E-state index in [1.165, 1.54) is 27.9 Å². The number of nitrogens with one attached hydrogen (secondary N) is 1.